The number of benzene rings is 2. The van der Waals surface area contributed by atoms with Gasteiger partial charge < -0.3 is 18.6 Å². The fourth-order valence-corrected chi connectivity index (χ4v) is 4.28. The van der Waals surface area contributed by atoms with E-state index < -0.39 is 0 Å². The number of hydrogen-bond acceptors (Lipinski definition) is 9. The average molecular weight is 507 g/mol. The van der Waals surface area contributed by atoms with E-state index in [9.17, 15) is 4.79 Å². The molecule has 36 heavy (non-hydrogen) atoms. The van der Waals surface area contributed by atoms with Crippen molar-refractivity contribution in [2.45, 2.75) is 38.2 Å². The highest BCUT2D eigenvalue weighted by Crippen LogP contribution is 2.37. The van der Waals surface area contributed by atoms with Gasteiger partial charge in [-0.15, -0.1) is 21.5 Å². The number of nitrogens with one attached hydrogen (secondary N) is 1. The molecule has 1 unspecified atom stereocenters. The number of nitrogens with zero attached hydrogens (tertiary/aromatic N) is 3. The largest absolute Gasteiger partial charge is 0.488 e. The first-order chi connectivity index (χ1) is 17.6. The summed E-state index contributed by atoms with van der Waals surface area (Å²) in [5.41, 5.74) is 1.20. The van der Waals surface area contributed by atoms with Crippen LogP contribution in [0.5, 0.6) is 17.2 Å². The van der Waals surface area contributed by atoms with Crippen molar-refractivity contribution in [3.8, 4) is 28.7 Å². The Hall–Kier alpha value is -3.76. The van der Waals surface area contributed by atoms with Crippen LogP contribution in [0.2, 0.25) is 0 Å². The first-order valence-corrected chi connectivity index (χ1v) is 12.6. The van der Waals surface area contributed by atoms with E-state index in [0.29, 0.717) is 52.2 Å². The first-order valence-electron chi connectivity index (χ1n) is 11.7. The van der Waals surface area contributed by atoms with E-state index in [-0.39, 0.29) is 12.0 Å². The Morgan fingerprint density at radius 1 is 1.14 bits per heavy atom. The van der Waals surface area contributed by atoms with E-state index in [1.807, 2.05) is 31.2 Å². The van der Waals surface area contributed by atoms with Crippen LogP contribution in [0.1, 0.15) is 48.4 Å². The lowest BCUT2D eigenvalue weighted by molar-refractivity contribution is 0.0916. The van der Waals surface area contributed by atoms with E-state index in [1.54, 1.807) is 36.9 Å². The lowest BCUT2D eigenvalue weighted by atomic mass is 9.85. The van der Waals surface area contributed by atoms with Gasteiger partial charge in [0.2, 0.25) is 11.8 Å². The molecule has 1 amide bonds. The number of ether oxygens (including phenoxy) is 3. The van der Waals surface area contributed by atoms with Gasteiger partial charge in [-0.1, -0.05) is 6.42 Å². The third-order valence-electron chi connectivity index (χ3n) is 5.77. The summed E-state index contributed by atoms with van der Waals surface area (Å²) in [6, 6.07) is 12.4. The number of carbonyl (C=O) groups is 1. The minimum atomic E-state index is -0.311. The maximum atomic E-state index is 12.9. The minimum absolute atomic E-state index is 0.210. The van der Waals surface area contributed by atoms with Crippen LogP contribution in [0.25, 0.3) is 11.5 Å². The molecule has 2 aromatic carbocycles. The first kappa shape index (κ1) is 24.0. The molecule has 1 aliphatic carbocycles. The predicted octanol–water partition coefficient (Wildman–Crippen LogP) is 5.92. The molecule has 0 aliphatic heterocycles. The average Bonchev–Trinajstić information content (AvgIpc) is 3.51. The highest BCUT2D eigenvalue weighted by molar-refractivity contribution is 7.13. The molecule has 1 fully saturated rings. The molecule has 5 rings (SSSR count). The second kappa shape index (κ2) is 10.9. The molecule has 0 saturated heterocycles. The Morgan fingerprint density at radius 3 is 2.64 bits per heavy atom. The van der Waals surface area contributed by atoms with Crippen LogP contribution in [0.15, 0.2) is 58.5 Å². The van der Waals surface area contributed by atoms with Crippen molar-refractivity contribution in [2.75, 3.05) is 19.0 Å². The number of carbonyl (C=O) groups excluding carboxylic acids is 1. The van der Waals surface area contributed by atoms with Gasteiger partial charge in [0.25, 0.3) is 5.91 Å². The van der Waals surface area contributed by atoms with Crippen molar-refractivity contribution < 1.29 is 23.4 Å². The Kier molecular flexibility index (Phi) is 7.24. The van der Waals surface area contributed by atoms with Crippen LogP contribution >= 0.6 is 11.3 Å². The number of hydrogen-bond donors (Lipinski definition) is 1. The van der Waals surface area contributed by atoms with E-state index in [1.165, 1.54) is 17.8 Å². The van der Waals surface area contributed by atoms with Gasteiger partial charge in [-0.05, 0) is 56.2 Å². The number of rotatable bonds is 10. The molecular formula is C26H26N4O5S. The third kappa shape index (κ3) is 5.72. The molecule has 0 spiro atoms. The van der Waals surface area contributed by atoms with Crippen molar-refractivity contribution in [1.82, 2.24) is 15.2 Å². The topological polar surface area (TPSA) is 109 Å². The molecule has 0 radical (unpaired) electrons. The summed E-state index contributed by atoms with van der Waals surface area (Å²) in [6.07, 6.45) is 4.84. The molecule has 0 bridgehead atoms. The van der Waals surface area contributed by atoms with Crippen molar-refractivity contribution in [1.29, 1.82) is 0 Å². The second-order valence-electron chi connectivity index (χ2n) is 8.57. The molecule has 1 atom stereocenters. The van der Waals surface area contributed by atoms with Crippen LogP contribution in [0.3, 0.4) is 0 Å². The predicted molar refractivity (Wildman–Crippen MR) is 135 cm³/mol. The van der Waals surface area contributed by atoms with Crippen LogP contribution in [-0.4, -0.2) is 40.9 Å². The summed E-state index contributed by atoms with van der Waals surface area (Å²) in [6.45, 7) is 2.30. The summed E-state index contributed by atoms with van der Waals surface area (Å²) in [7, 11) is 1.61. The molecule has 10 heteroatoms. The molecule has 1 saturated carbocycles. The van der Waals surface area contributed by atoms with Gasteiger partial charge in [-0.2, -0.15) is 0 Å². The van der Waals surface area contributed by atoms with Crippen LogP contribution in [-0.2, 0) is 4.74 Å². The van der Waals surface area contributed by atoms with E-state index >= 15 is 0 Å². The molecule has 2 heterocycles. The lowest BCUT2D eigenvalue weighted by Crippen LogP contribution is -2.18. The van der Waals surface area contributed by atoms with E-state index in [0.717, 1.165) is 18.4 Å². The number of aromatic nitrogens is 3. The zero-order valence-electron chi connectivity index (χ0n) is 20.0. The molecular weight excluding hydrogens is 480 g/mol. The Balaban J connectivity index is 1.34. The maximum absolute atomic E-state index is 12.9. The standard InChI is InChI=1S/C26H26N4O5S/c1-16(15-32-2)33-21-12-19(23(31)28-26-27-10-11-36-26)13-22(14-21)34-20-8-6-18(7-9-20)25-30-29-24(35-25)17-4-3-5-17/h6-14,16-17H,3-5,15H2,1-2H3,(H,27,28,31). The Labute approximate surface area is 212 Å². The normalized spacial score (nSPS) is 14.2. The van der Waals surface area contributed by atoms with Gasteiger partial charge in [-0.3, -0.25) is 10.1 Å². The number of methoxy groups -OCH3 is 1. The minimum Gasteiger partial charge on any atom is -0.488 e. The summed E-state index contributed by atoms with van der Waals surface area (Å²) in [5, 5.41) is 13.5. The van der Waals surface area contributed by atoms with Crippen molar-refractivity contribution in [3.05, 3.63) is 65.5 Å². The number of amides is 1. The van der Waals surface area contributed by atoms with Crippen molar-refractivity contribution in [3.63, 3.8) is 0 Å². The molecule has 186 valence electrons. The molecule has 2 aromatic heterocycles. The Morgan fingerprint density at radius 2 is 1.94 bits per heavy atom. The molecule has 1 N–H and O–H groups in total. The van der Waals surface area contributed by atoms with E-state index in [2.05, 4.69) is 20.5 Å². The second-order valence-corrected chi connectivity index (χ2v) is 9.46. The van der Waals surface area contributed by atoms with Crippen LogP contribution < -0.4 is 14.8 Å². The van der Waals surface area contributed by atoms with Gasteiger partial charge in [0.05, 0.1) is 6.61 Å². The van der Waals surface area contributed by atoms with Gasteiger partial charge in [0, 0.05) is 41.8 Å². The number of anilines is 1. The highest BCUT2D eigenvalue weighted by atomic mass is 32.1. The lowest BCUT2D eigenvalue weighted by Gasteiger charge is -2.20. The van der Waals surface area contributed by atoms with Crippen LogP contribution in [0, 0.1) is 0 Å². The summed E-state index contributed by atoms with van der Waals surface area (Å²) < 4.78 is 23.0. The van der Waals surface area contributed by atoms with Gasteiger partial charge >= 0.3 is 0 Å². The zero-order valence-corrected chi connectivity index (χ0v) is 20.8. The molecule has 4 aromatic rings. The van der Waals surface area contributed by atoms with Crippen molar-refractivity contribution >= 4 is 22.4 Å². The Bertz CT molecular complexity index is 1300. The molecule has 9 nitrogen and oxygen atoms in total. The quantitative estimate of drug-likeness (QED) is 0.282. The fraction of sp³-hybridized carbons (Fsp3) is 0.308. The summed E-state index contributed by atoms with van der Waals surface area (Å²) in [4.78, 5) is 17.0. The van der Waals surface area contributed by atoms with Gasteiger partial charge in [-0.25, -0.2) is 4.98 Å². The van der Waals surface area contributed by atoms with Crippen LogP contribution in [0.4, 0.5) is 5.13 Å². The number of thiazole rings is 1. The maximum Gasteiger partial charge on any atom is 0.257 e. The summed E-state index contributed by atoms with van der Waals surface area (Å²) >= 11 is 1.34. The summed E-state index contributed by atoms with van der Waals surface area (Å²) in [5.74, 6) is 2.81. The van der Waals surface area contributed by atoms with Crippen molar-refractivity contribution in [2.24, 2.45) is 0 Å². The fourth-order valence-electron chi connectivity index (χ4n) is 3.76. The molecule has 1 aliphatic rings. The van der Waals surface area contributed by atoms with Gasteiger partial charge in [0.1, 0.15) is 23.4 Å². The zero-order chi connectivity index (χ0) is 24.9. The highest BCUT2D eigenvalue weighted by Gasteiger charge is 2.25. The monoisotopic (exact) mass is 506 g/mol. The third-order valence-corrected chi connectivity index (χ3v) is 6.45. The smallest absolute Gasteiger partial charge is 0.257 e. The van der Waals surface area contributed by atoms with Gasteiger partial charge in [0.15, 0.2) is 5.13 Å². The SMILES string of the molecule is COCC(C)Oc1cc(Oc2ccc(-c3nnc(C4CCC4)o3)cc2)cc(C(=O)Nc2nccs2)c1. The van der Waals surface area contributed by atoms with E-state index in [4.69, 9.17) is 18.6 Å².